The van der Waals surface area contributed by atoms with E-state index in [4.69, 9.17) is 0 Å². The summed E-state index contributed by atoms with van der Waals surface area (Å²) in [5.74, 6) is -0.993. The molecule has 0 aliphatic carbocycles. The summed E-state index contributed by atoms with van der Waals surface area (Å²) < 4.78 is 43.3. The van der Waals surface area contributed by atoms with E-state index in [2.05, 4.69) is 9.73 Å². The predicted molar refractivity (Wildman–Crippen MR) is 84.7 cm³/mol. The molecule has 0 spiro atoms. The summed E-state index contributed by atoms with van der Waals surface area (Å²) in [6.45, 7) is 5.57. The lowest BCUT2D eigenvalue weighted by atomic mass is 9.98. The third-order valence-electron chi connectivity index (χ3n) is 5.14. The molecule has 8 heteroatoms. The van der Waals surface area contributed by atoms with Crippen molar-refractivity contribution in [3.63, 3.8) is 0 Å². The van der Waals surface area contributed by atoms with Gasteiger partial charge in [-0.05, 0) is 32.6 Å². The topological polar surface area (TPSA) is 45.1 Å². The maximum Gasteiger partial charge on any atom is 0.468 e. The van der Waals surface area contributed by atoms with E-state index in [1.807, 2.05) is 16.7 Å². The van der Waals surface area contributed by atoms with Crippen molar-refractivity contribution in [2.45, 2.75) is 63.8 Å². The van der Waals surface area contributed by atoms with E-state index >= 15 is 0 Å². The molecule has 1 unspecified atom stereocenters. The highest BCUT2D eigenvalue weighted by Gasteiger charge is 2.42. The van der Waals surface area contributed by atoms with E-state index in [9.17, 15) is 18.0 Å². The SMILES string of the molecule is CCC(C)(/N=C(\OC)C(F)(F)F)N1CCC(N2CCCC2=O)CC1. The third kappa shape index (κ3) is 4.02. The lowest BCUT2D eigenvalue weighted by molar-refractivity contribution is -0.130. The fourth-order valence-electron chi connectivity index (χ4n) is 3.53. The number of alkyl halides is 3. The van der Waals surface area contributed by atoms with Crippen LogP contribution in [0.4, 0.5) is 13.2 Å². The minimum Gasteiger partial charge on any atom is -0.478 e. The van der Waals surface area contributed by atoms with Crippen molar-refractivity contribution in [3.8, 4) is 0 Å². The normalized spacial score (nSPS) is 24.3. The zero-order chi connectivity index (χ0) is 18.0. The molecule has 24 heavy (non-hydrogen) atoms. The Bertz CT molecular complexity index is 487. The van der Waals surface area contributed by atoms with Gasteiger partial charge in [-0.15, -0.1) is 0 Å². The molecule has 2 aliphatic rings. The molecule has 2 rings (SSSR count). The Labute approximate surface area is 140 Å². The first kappa shape index (κ1) is 19.0. The molecule has 0 N–H and O–H groups in total. The van der Waals surface area contributed by atoms with Crippen molar-refractivity contribution in [1.82, 2.24) is 9.80 Å². The molecule has 0 aromatic heterocycles. The predicted octanol–water partition coefficient (Wildman–Crippen LogP) is 2.81. The Kier molecular flexibility index (Phi) is 5.78. The van der Waals surface area contributed by atoms with Gasteiger partial charge in [-0.2, -0.15) is 13.2 Å². The lowest BCUT2D eigenvalue weighted by Crippen LogP contribution is -2.53. The first-order chi connectivity index (χ1) is 11.2. The summed E-state index contributed by atoms with van der Waals surface area (Å²) in [6, 6.07) is 0.200. The highest BCUT2D eigenvalue weighted by atomic mass is 19.4. The van der Waals surface area contributed by atoms with Crippen molar-refractivity contribution < 1.29 is 22.7 Å². The number of hydrogen-bond donors (Lipinski definition) is 0. The van der Waals surface area contributed by atoms with E-state index in [0.717, 1.165) is 32.9 Å². The number of rotatable bonds is 4. The Balaban J connectivity index is 2.06. The molecule has 2 fully saturated rings. The molecule has 2 heterocycles. The van der Waals surface area contributed by atoms with E-state index < -0.39 is 17.7 Å². The van der Waals surface area contributed by atoms with Crippen LogP contribution in [-0.2, 0) is 9.53 Å². The summed E-state index contributed by atoms with van der Waals surface area (Å²) in [4.78, 5) is 19.6. The number of piperidine rings is 1. The van der Waals surface area contributed by atoms with Gasteiger partial charge < -0.3 is 9.64 Å². The van der Waals surface area contributed by atoms with Gasteiger partial charge >= 0.3 is 6.18 Å². The van der Waals surface area contributed by atoms with Gasteiger partial charge in [0, 0.05) is 32.1 Å². The molecule has 0 aromatic carbocycles. The zero-order valence-electron chi connectivity index (χ0n) is 14.5. The van der Waals surface area contributed by atoms with Gasteiger partial charge in [-0.25, -0.2) is 4.99 Å². The number of nitrogens with zero attached hydrogens (tertiary/aromatic N) is 3. The maximum absolute atomic E-state index is 12.9. The van der Waals surface area contributed by atoms with E-state index in [0.29, 0.717) is 25.9 Å². The summed E-state index contributed by atoms with van der Waals surface area (Å²) in [5, 5.41) is 0. The Morgan fingerprint density at radius 1 is 1.29 bits per heavy atom. The molecular formula is C16H26F3N3O2. The number of aliphatic imine (C=N–C) groups is 1. The second-order valence-electron chi connectivity index (χ2n) is 6.60. The van der Waals surface area contributed by atoms with E-state index in [1.165, 1.54) is 0 Å². The van der Waals surface area contributed by atoms with Gasteiger partial charge in [0.05, 0.1) is 7.11 Å². The quantitative estimate of drug-likeness (QED) is 0.579. The van der Waals surface area contributed by atoms with Crippen molar-refractivity contribution in [1.29, 1.82) is 0 Å². The van der Waals surface area contributed by atoms with Gasteiger partial charge in [-0.3, -0.25) is 9.69 Å². The fourth-order valence-corrected chi connectivity index (χ4v) is 3.53. The van der Waals surface area contributed by atoms with Gasteiger partial charge in [0.15, 0.2) is 0 Å². The number of halogens is 3. The molecule has 0 radical (unpaired) electrons. The highest BCUT2D eigenvalue weighted by molar-refractivity contribution is 5.82. The summed E-state index contributed by atoms with van der Waals surface area (Å²) in [5.41, 5.74) is -0.957. The van der Waals surface area contributed by atoms with Crippen LogP contribution in [0.25, 0.3) is 0 Å². The zero-order valence-corrected chi connectivity index (χ0v) is 14.5. The average Bonchev–Trinajstić information content (AvgIpc) is 2.97. The molecule has 5 nitrogen and oxygen atoms in total. The molecule has 0 saturated carbocycles. The molecule has 1 atom stereocenters. The standard InChI is InChI=1S/C16H26F3N3O2/c1-4-15(2,20-14(24-3)16(17,18)19)21-10-7-12(8-11-21)22-9-5-6-13(22)23/h12H,4-11H2,1-3H3/b20-14-. The van der Waals surface area contributed by atoms with Gasteiger partial charge in [0.1, 0.15) is 5.66 Å². The van der Waals surface area contributed by atoms with Crippen LogP contribution < -0.4 is 0 Å². The molecule has 2 saturated heterocycles. The number of ether oxygens (including phenoxy) is 1. The Hall–Kier alpha value is -1.31. The minimum atomic E-state index is -4.59. The van der Waals surface area contributed by atoms with Crippen molar-refractivity contribution >= 4 is 11.8 Å². The van der Waals surface area contributed by atoms with Gasteiger partial charge in [0.25, 0.3) is 5.90 Å². The van der Waals surface area contributed by atoms with Crippen LogP contribution in [0, 0.1) is 0 Å². The number of likely N-dealkylation sites (tertiary alicyclic amines) is 2. The van der Waals surface area contributed by atoms with Crippen LogP contribution in [0.5, 0.6) is 0 Å². The van der Waals surface area contributed by atoms with Gasteiger partial charge in [0.2, 0.25) is 5.91 Å². The number of carbonyl (C=O) groups is 1. The van der Waals surface area contributed by atoms with Crippen LogP contribution in [0.15, 0.2) is 4.99 Å². The molecule has 1 amide bonds. The van der Waals surface area contributed by atoms with E-state index in [1.54, 1.807) is 6.92 Å². The van der Waals surface area contributed by atoms with Crippen molar-refractivity contribution in [3.05, 3.63) is 0 Å². The monoisotopic (exact) mass is 349 g/mol. The maximum atomic E-state index is 12.9. The molecule has 0 aromatic rings. The molecule has 138 valence electrons. The molecule has 0 bridgehead atoms. The van der Waals surface area contributed by atoms with Crippen LogP contribution in [0.2, 0.25) is 0 Å². The molecular weight excluding hydrogens is 323 g/mol. The highest BCUT2D eigenvalue weighted by Crippen LogP contribution is 2.30. The minimum absolute atomic E-state index is 0.198. The summed E-state index contributed by atoms with van der Waals surface area (Å²) in [7, 11) is 0.994. The lowest BCUT2D eigenvalue weighted by Gasteiger charge is -2.44. The Morgan fingerprint density at radius 2 is 1.92 bits per heavy atom. The van der Waals surface area contributed by atoms with Crippen LogP contribution >= 0.6 is 0 Å². The second kappa shape index (κ2) is 7.29. The smallest absolute Gasteiger partial charge is 0.468 e. The molecule has 2 aliphatic heterocycles. The number of methoxy groups -OCH3 is 1. The number of hydrogen-bond acceptors (Lipinski definition) is 4. The van der Waals surface area contributed by atoms with E-state index in [-0.39, 0.29) is 11.9 Å². The summed E-state index contributed by atoms with van der Waals surface area (Å²) in [6.07, 6.45) is -1.09. The first-order valence-electron chi connectivity index (χ1n) is 8.47. The Morgan fingerprint density at radius 3 is 2.33 bits per heavy atom. The van der Waals surface area contributed by atoms with Crippen molar-refractivity contribution in [2.24, 2.45) is 4.99 Å². The van der Waals surface area contributed by atoms with Crippen LogP contribution in [0.1, 0.15) is 46.0 Å². The largest absolute Gasteiger partial charge is 0.478 e. The first-order valence-corrected chi connectivity index (χ1v) is 8.47. The summed E-state index contributed by atoms with van der Waals surface area (Å²) >= 11 is 0. The second-order valence-corrected chi connectivity index (χ2v) is 6.60. The fraction of sp³-hybridized carbons (Fsp3) is 0.875. The number of amides is 1. The van der Waals surface area contributed by atoms with Crippen LogP contribution in [0.3, 0.4) is 0 Å². The average molecular weight is 349 g/mol. The number of carbonyl (C=O) groups excluding carboxylic acids is 1. The van der Waals surface area contributed by atoms with Crippen LogP contribution in [-0.4, -0.2) is 66.2 Å². The van der Waals surface area contributed by atoms with Gasteiger partial charge in [-0.1, -0.05) is 6.92 Å². The third-order valence-corrected chi connectivity index (χ3v) is 5.14. The van der Waals surface area contributed by atoms with Crippen molar-refractivity contribution in [2.75, 3.05) is 26.7 Å².